The number of halogens is 1. The molecule has 1 aliphatic heterocycles. The molecule has 0 spiro atoms. The quantitative estimate of drug-likeness (QED) is 0.631. The van der Waals surface area contributed by atoms with Crippen molar-refractivity contribution in [3.05, 3.63) is 65.3 Å². The maximum absolute atomic E-state index is 12.3. The van der Waals surface area contributed by atoms with Crippen LogP contribution in [0.5, 0.6) is 0 Å². The number of benzene rings is 2. The number of carbonyl (C=O) groups is 2. The minimum absolute atomic E-state index is 0.0937. The van der Waals surface area contributed by atoms with Crippen LogP contribution in [0.1, 0.15) is 13.3 Å². The third-order valence-electron chi connectivity index (χ3n) is 3.83. The number of aliphatic imine (C=N–C) groups is 1. The normalized spacial score (nSPS) is 12.6. The van der Waals surface area contributed by atoms with Gasteiger partial charge in [-0.15, -0.1) is 0 Å². The second kappa shape index (κ2) is 10.1. The second-order valence-corrected chi connectivity index (χ2v) is 7.52. The number of nitrogens with zero attached hydrogens (tertiary/aromatic N) is 1. The summed E-state index contributed by atoms with van der Waals surface area (Å²) in [4.78, 5) is 28.8. The molecular weight excluding hydrogens is 410 g/mol. The lowest BCUT2D eigenvalue weighted by atomic mass is 10.2. The van der Waals surface area contributed by atoms with Crippen molar-refractivity contribution in [2.45, 2.75) is 13.3 Å². The van der Waals surface area contributed by atoms with Gasteiger partial charge in [-0.25, -0.2) is 4.99 Å². The highest BCUT2D eigenvalue weighted by Gasteiger charge is 2.15. The van der Waals surface area contributed by atoms with Crippen LogP contribution in [0.25, 0.3) is 0 Å². The van der Waals surface area contributed by atoms with E-state index in [9.17, 15) is 9.59 Å². The first-order valence-electron chi connectivity index (χ1n) is 9.02. The van der Waals surface area contributed by atoms with Crippen LogP contribution in [0.2, 0.25) is 5.02 Å². The number of nitrogens with one attached hydrogen (secondary N) is 2. The van der Waals surface area contributed by atoms with Crippen LogP contribution in [-0.2, 0) is 14.3 Å². The number of para-hydroxylation sites is 2. The molecule has 0 aliphatic carbocycles. The Morgan fingerprint density at radius 3 is 2.83 bits per heavy atom. The number of rotatable bonds is 6. The van der Waals surface area contributed by atoms with Crippen molar-refractivity contribution < 1.29 is 14.3 Å². The van der Waals surface area contributed by atoms with Crippen LogP contribution in [-0.4, -0.2) is 29.3 Å². The van der Waals surface area contributed by atoms with Gasteiger partial charge in [0, 0.05) is 16.4 Å². The average Bonchev–Trinajstić information content (AvgIpc) is 2.85. The molecule has 0 saturated carbocycles. The van der Waals surface area contributed by atoms with Gasteiger partial charge in [-0.1, -0.05) is 41.6 Å². The van der Waals surface area contributed by atoms with E-state index in [-0.39, 0.29) is 24.1 Å². The molecule has 0 unspecified atom stereocenters. The van der Waals surface area contributed by atoms with Crippen LogP contribution in [0.15, 0.2) is 65.3 Å². The molecule has 1 heterocycles. The van der Waals surface area contributed by atoms with Crippen molar-refractivity contribution in [1.82, 2.24) is 0 Å². The SMILES string of the molecule is CCOC(=O)CC1=CC(SCC(=O)Nc2cccc(Cl)c2)=Nc2ccccc2N1. The smallest absolute Gasteiger partial charge is 0.311 e. The largest absolute Gasteiger partial charge is 0.466 e. The standard InChI is InChI=1S/C21H20ClN3O3S/c1-2-28-21(27)12-16-11-20(25-18-9-4-3-8-17(18)23-16)29-13-19(26)24-15-7-5-6-14(22)10-15/h3-11,23H,2,12-13H2,1H3,(H,24,26). The highest BCUT2D eigenvalue weighted by molar-refractivity contribution is 8.14. The molecular formula is C21H20ClN3O3S. The van der Waals surface area contributed by atoms with Gasteiger partial charge in [0.2, 0.25) is 5.91 Å². The summed E-state index contributed by atoms with van der Waals surface area (Å²) in [5.41, 5.74) is 2.83. The van der Waals surface area contributed by atoms with E-state index in [0.29, 0.717) is 28.1 Å². The monoisotopic (exact) mass is 429 g/mol. The molecule has 0 bridgehead atoms. The molecule has 0 radical (unpaired) electrons. The van der Waals surface area contributed by atoms with Gasteiger partial charge in [0.25, 0.3) is 0 Å². The minimum atomic E-state index is -0.325. The summed E-state index contributed by atoms with van der Waals surface area (Å²) in [7, 11) is 0. The zero-order chi connectivity index (χ0) is 20.6. The summed E-state index contributed by atoms with van der Waals surface area (Å²) in [6.07, 6.45) is 1.87. The Labute approximate surface area is 178 Å². The van der Waals surface area contributed by atoms with E-state index in [0.717, 1.165) is 11.4 Å². The summed E-state index contributed by atoms with van der Waals surface area (Å²) in [6, 6.07) is 14.5. The Hall–Kier alpha value is -2.77. The van der Waals surface area contributed by atoms with Crippen molar-refractivity contribution >= 4 is 57.3 Å². The topological polar surface area (TPSA) is 79.8 Å². The van der Waals surface area contributed by atoms with E-state index in [4.69, 9.17) is 16.3 Å². The lowest BCUT2D eigenvalue weighted by Gasteiger charge is -2.10. The predicted octanol–water partition coefficient (Wildman–Crippen LogP) is 5.00. The minimum Gasteiger partial charge on any atom is -0.466 e. The highest BCUT2D eigenvalue weighted by Crippen LogP contribution is 2.31. The van der Waals surface area contributed by atoms with Crippen LogP contribution in [0.4, 0.5) is 17.1 Å². The summed E-state index contributed by atoms with van der Waals surface area (Å²) in [5, 5.41) is 7.22. The number of amides is 1. The zero-order valence-corrected chi connectivity index (χ0v) is 17.3. The zero-order valence-electron chi connectivity index (χ0n) is 15.8. The Morgan fingerprint density at radius 1 is 1.21 bits per heavy atom. The van der Waals surface area contributed by atoms with Crippen molar-refractivity contribution in [1.29, 1.82) is 0 Å². The average molecular weight is 430 g/mol. The van der Waals surface area contributed by atoms with Gasteiger partial charge in [0.1, 0.15) is 0 Å². The van der Waals surface area contributed by atoms with Crippen LogP contribution in [0.3, 0.4) is 0 Å². The Morgan fingerprint density at radius 2 is 2.03 bits per heavy atom. The van der Waals surface area contributed by atoms with E-state index in [1.807, 2.05) is 24.3 Å². The molecule has 2 aromatic carbocycles. The molecule has 0 saturated heterocycles. The fourth-order valence-electron chi connectivity index (χ4n) is 2.63. The van der Waals surface area contributed by atoms with Crippen molar-refractivity contribution in [3.63, 3.8) is 0 Å². The first kappa shape index (κ1) is 21.0. The number of fused-ring (bicyclic) bond motifs is 1. The van der Waals surface area contributed by atoms with Gasteiger partial charge in [-0.2, -0.15) is 0 Å². The van der Waals surface area contributed by atoms with E-state index >= 15 is 0 Å². The molecule has 2 N–H and O–H groups in total. The summed E-state index contributed by atoms with van der Waals surface area (Å²) in [6.45, 7) is 2.09. The van der Waals surface area contributed by atoms with E-state index < -0.39 is 0 Å². The number of ether oxygens (including phenoxy) is 1. The molecule has 1 amide bonds. The molecule has 8 heteroatoms. The highest BCUT2D eigenvalue weighted by atomic mass is 35.5. The fraction of sp³-hybridized carbons (Fsp3) is 0.190. The van der Waals surface area contributed by atoms with Crippen molar-refractivity contribution in [3.8, 4) is 0 Å². The lowest BCUT2D eigenvalue weighted by Crippen LogP contribution is -2.15. The Balaban J connectivity index is 1.71. The van der Waals surface area contributed by atoms with Gasteiger partial charge < -0.3 is 15.4 Å². The number of carbonyl (C=O) groups excluding carboxylic acids is 2. The first-order chi connectivity index (χ1) is 14.0. The molecule has 0 atom stereocenters. The lowest BCUT2D eigenvalue weighted by molar-refractivity contribution is -0.142. The molecule has 6 nitrogen and oxygen atoms in total. The van der Waals surface area contributed by atoms with E-state index in [1.54, 1.807) is 37.3 Å². The molecule has 3 rings (SSSR count). The molecule has 0 aromatic heterocycles. The second-order valence-electron chi connectivity index (χ2n) is 6.09. The number of thioether (sulfide) groups is 1. The number of hydrogen-bond acceptors (Lipinski definition) is 6. The third-order valence-corrected chi connectivity index (χ3v) is 4.97. The maximum Gasteiger partial charge on any atom is 0.311 e. The van der Waals surface area contributed by atoms with Crippen molar-refractivity contribution in [2.24, 2.45) is 4.99 Å². The number of hydrogen-bond donors (Lipinski definition) is 2. The van der Waals surface area contributed by atoms with Crippen molar-refractivity contribution in [2.75, 3.05) is 23.0 Å². The molecule has 2 aromatic rings. The number of anilines is 2. The van der Waals surface area contributed by atoms with Gasteiger partial charge in [-0.05, 0) is 43.3 Å². The van der Waals surface area contributed by atoms with Gasteiger partial charge >= 0.3 is 5.97 Å². The first-order valence-corrected chi connectivity index (χ1v) is 10.4. The Bertz CT molecular complexity index is 975. The maximum atomic E-state index is 12.3. The van der Waals surface area contributed by atoms with Crippen LogP contribution < -0.4 is 10.6 Å². The molecule has 0 fully saturated rings. The van der Waals surface area contributed by atoms with Gasteiger partial charge in [-0.3, -0.25) is 9.59 Å². The van der Waals surface area contributed by atoms with Gasteiger partial charge in [0.05, 0.1) is 35.2 Å². The predicted molar refractivity (Wildman–Crippen MR) is 119 cm³/mol. The summed E-state index contributed by atoms with van der Waals surface area (Å²) >= 11 is 7.23. The number of esters is 1. The molecule has 1 aliphatic rings. The fourth-order valence-corrected chi connectivity index (χ4v) is 3.56. The third kappa shape index (κ3) is 6.37. The van der Waals surface area contributed by atoms with Crippen LogP contribution in [0, 0.1) is 0 Å². The van der Waals surface area contributed by atoms with Crippen LogP contribution >= 0.6 is 23.4 Å². The van der Waals surface area contributed by atoms with Gasteiger partial charge in [0.15, 0.2) is 0 Å². The molecule has 150 valence electrons. The van der Waals surface area contributed by atoms with E-state index in [2.05, 4.69) is 15.6 Å². The molecule has 29 heavy (non-hydrogen) atoms. The summed E-state index contributed by atoms with van der Waals surface area (Å²) < 4.78 is 5.04. The Kier molecular flexibility index (Phi) is 7.32. The van der Waals surface area contributed by atoms with E-state index in [1.165, 1.54) is 11.8 Å². The summed E-state index contributed by atoms with van der Waals surface area (Å²) in [5.74, 6) is -0.337.